The first-order valence-corrected chi connectivity index (χ1v) is 8.47. The van der Waals surface area contributed by atoms with Crippen LogP contribution in [0.2, 0.25) is 0 Å². The zero-order valence-corrected chi connectivity index (χ0v) is 12.3. The Balaban J connectivity index is 1.34. The second-order valence-electron chi connectivity index (χ2n) is 7.08. The van der Waals surface area contributed by atoms with Gasteiger partial charge in [-0.05, 0) is 44.9 Å². The lowest BCUT2D eigenvalue weighted by atomic mass is 9.82. The van der Waals surface area contributed by atoms with Crippen molar-refractivity contribution < 1.29 is 9.53 Å². The van der Waals surface area contributed by atoms with Crippen LogP contribution in [0.5, 0.6) is 0 Å². The maximum absolute atomic E-state index is 12.8. The molecule has 2 saturated heterocycles. The SMILES string of the molecule is O=C(C1CN(C2CCOC2)C1)N(C1CCC1)C1CCC1. The van der Waals surface area contributed by atoms with Crippen LogP contribution in [0.4, 0.5) is 0 Å². The van der Waals surface area contributed by atoms with Crippen LogP contribution in [0.3, 0.4) is 0 Å². The van der Waals surface area contributed by atoms with Gasteiger partial charge in [-0.1, -0.05) is 0 Å². The van der Waals surface area contributed by atoms with Gasteiger partial charge in [-0.3, -0.25) is 9.69 Å². The Hall–Kier alpha value is -0.610. The number of carbonyl (C=O) groups is 1. The average molecular weight is 278 g/mol. The van der Waals surface area contributed by atoms with Crippen molar-refractivity contribution in [1.82, 2.24) is 9.80 Å². The van der Waals surface area contributed by atoms with Gasteiger partial charge < -0.3 is 9.64 Å². The zero-order valence-electron chi connectivity index (χ0n) is 12.3. The molecule has 4 fully saturated rings. The molecular weight excluding hydrogens is 252 g/mol. The molecule has 0 N–H and O–H groups in total. The Morgan fingerprint density at radius 3 is 2.10 bits per heavy atom. The van der Waals surface area contributed by atoms with E-state index in [1.54, 1.807) is 0 Å². The van der Waals surface area contributed by atoms with Crippen LogP contribution in [0.1, 0.15) is 44.9 Å². The van der Waals surface area contributed by atoms with Gasteiger partial charge in [0.25, 0.3) is 0 Å². The molecule has 4 nitrogen and oxygen atoms in total. The van der Waals surface area contributed by atoms with E-state index < -0.39 is 0 Å². The highest BCUT2D eigenvalue weighted by Gasteiger charge is 2.44. The minimum absolute atomic E-state index is 0.275. The third-order valence-corrected chi connectivity index (χ3v) is 5.87. The van der Waals surface area contributed by atoms with Gasteiger partial charge >= 0.3 is 0 Å². The van der Waals surface area contributed by atoms with Crippen molar-refractivity contribution in [3.8, 4) is 0 Å². The summed E-state index contributed by atoms with van der Waals surface area (Å²) in [4.78, 5) is 17.6. The topological polar surface area (TPSA) is 32.8 Å². The van der Waals surface area contributed by atoms with Crippen LogP contribution >= 0.6 is 0 Å². The largest absolute Gasteiger partial charge is 0.380 e. The molecule has 112 valence electrons. The van der Waals surface area contributed by atoms with Crippen LogP contribution < -0.4 is 0 Å². The minimum atomic E-state index is 0.275. The smallest absolute Gasteiger partial charge is 0.228 e. The number of amides is 1. The first kappa shape index (κ1) is 13.1. The molecule has 1 amide bonds. The number of ether oxygens (including phenoxy) is 1. The predicted molar refractivity (Wildman–Crippen MR) is 76.4 cm³/mol. The van der Waals surface area contributed by atoms with Crippen molar-refractivity contribution in [2.45, 2.75) is 63.1 Å². The normalized spacial score (nSPS) is 32.5. The Bertz CT molecular complexity index is 353. The molecule has 2 heterocycles. The van der Waals surface area contributed by atoms with Gasteiger partial charge in [0, 0.05) is 37.8 Å². The quantitative estimate of drug-likeness (QED) is 0.784. The number of carbonyl (C=O) groups excluding carboxylic acids is 1. The van der Waals surface area contributed by atoms with E-state index in [1.807, 2.05) is 0 Å². The molecule has 0 bridgehead atoms. The predicted octanol–water partition coefficient (Wildman–Crippen LogP) is 1.64. The lowest BCUT2D eigenvalue weighted by molar-refractivity contribution is -0.152. The fourth-order valence-corrected chi connectivity index (χ4v) is 3.98. The fraction of sp³-hybridized carbons (Fsp3) is 0.938. The van der Waals surface area contributed by atoms with Crippen molar-refractivity contribution in [3.05, 3.63) is 0 Å². The van der Waals surface area contributed by atoms with Gasteiger partial charge in [0.15, 0.2) is 0 Å². The van der Waals surface area contributed by atoms with Gasteiger partial charge in [-0.15, -0.1) is 0 Å². The van der Waals surface area contributed by atoms with E-state index >= 15 is 0 Å². The Morgan fingerprint density at radius 2 is 1.65 bits per heavy atom. The molecule has 20 heavy (non-hydrogen) atoms. The van der Waals surface area contributed by atoms with Crippen LogP contribution in [0.25, 0.3) is 0 Å². The van der Waals surface area contributed by atoms with E-state index in [0.29, 0.717) is 24.0 Å². The number of rotatable bonds is 4. The number of hydrogen-bond donors (Lipinski definition) is 0. The van der Waals surface area contributed by atoms with Gasteiger partial charge in [0.05, 0.1) is 12.5 Å². The Morgan fingerprint density at radius 1 is 1.00 bits per heavy atom. The van der Waals surface area contributed by atoms with E-state index in [0.717, 1.165) is 32.7 Å². The summed E-state index contributed by atoms with van der Waals surface area (Å²) < 4.78 is 5.45. The lowest BCUT2D eigenvalue weighted by Gasteiger charge is -2.50. The molecule has 0 aromatic rings. The van der Waals surface area contributed by atoms with Gasteiger partial charge in [0.2, 0.25) is 5.91 Å². The van der Waals surface area contributed by atoms with Crippen molar-refractivity contribution in [1.29, 1.82) is 0 Å². The molecule has 2 aliphatic carbocycles. The summed E-state index contributed by atoms with van der Waals surface area (Å²) in [5, 5.41) is 0. The molecule has 0 aromatic carbocycles. The summed E-state index contributed by atoms with van der Waals surface area (Å²) in [5.41, 5.74) is 0. The molecule has 1 atom stereocenters. The molecule has 1 unspecified atom stereocenters. The van der Waals surface area contributed by atoms with Crippen molar-refractivity contribution in [2.24, 2.45) is 5.92 Å². The molecule has 0 spiro atoms. The van der Waals surface area contributed by atoms with Crippen molar-refractivity contribution in [3.63, 3.8) is 0 Å². The molecule has 2 aliphatic heterocycles. The Labute approximate surface area is 121 Å². The van der Waals surface area contributed by atoms with E-state index in [-0.39, 0.29) is 5.92 Å². The van der Waals surface area contributed by atoms with E-state index in [1.165, 1.54) is 38.5 Å². The second-order valence-corrected chi connectivity index (χ2v) is 7.08. The highest BCUT2D eigenvalue weighted by molar-refractivity contribution is 5.81. The first-order valence-electron chi connectivity index (χ1n) is 8.47. The molecule has 2 saturated carbocycles. The maximum atomic E-state index is 12.8. The van der Waals surface area contributed by atoms with Crippen LogP contribution in [0, 0.1) is 5.92 Å². The standard InChI is InChI=1S/C16H26N2O2/c19-16(12-9-17(10-12)15-7-8-20-11-15)18(13-3-1-4-13)14-5-2-6-14/h12-15H,1-11H2. The molecule has 0 aromatic heterocycles. The Kier molecular flexibility index (Phi) is 3.47. The second kappa shape index (κ2) is 5.30. The highest BCUT2D eigenvalue weighted by Crippen LogP contribution is 2.36. The van der Waals surface area contributed by atoms with Crippen molar-refractivity contribution in [2.75, 3.05) is 26.3 Å². The summed E-state index contributed by atoms with van der Waals surface area (Å²) >= 11 is 0. The summed E-state index contributed by atoms with van der Waals surface area (Å²) in [7, 11) is 0. The molecule has 4 rings (SSSR count). The van der Waals surface area contributed by atoms with E-state index in [2.05, 4.69) is 9.80 Å². The third-order valence-electron chi connectivity index (χ3n) is 5.87. The summed E-state index contributed by atoms with van der Waals surface area (Å²) in [6.45, 7) is 3.72. The van der Waals surface area contributed by atoms with E-state index in [4.69, 9.17) is 4.74 Å². The minimum Gasteiger partial charge on any atom is -0.380 e. The number of nitrogens with zero attached hydrogens (tertiary/aromatic N) is 2. The van der Waals surface area contributed by atoms with Crippen molar-refractivity contribution >= 4 is 5.91 Å². The summed E-state index contributed by atoms with van der Waals surface area (Å²) in [6.07, 6.45) is 8.76. The average Bonchev–Trinajstić information content (AvgIpc) is 2.74. The first-order chi connectivity index (χ1) is 9.83. The number of likely N-dealkylation sites (tertiary alicyclic amines) is 1. The summed E-state index contributed by atoms with van der Waals surface area (Å²) in [5.74, 6) is 0.742. The van der Waals surface area contributed by atoms with E-state index in [9.17, 15) is 4.79 Å². The van der Waals surface area contributed by atoms with Gasteiger partial charge in [-0.25, -0.2) is 0 Å². The molecule has 0 radical (unpaired) electrons. The highest BCUT2D eigenvalue weighted by atomic mass is 16.5. The van der Waals surface area contributed by atoms with Gasteiger partial charge in [-0.2, -0.15) is 0 Å². The van der Waals surface area contributed by atoms with Crippen LogP contribution in [-0.4, -0.2) is 60.1 Å². The zero-order chi connectivity index (χ0) is 13.5. The summed E-state index contributed by atoms with van der Waals surface area (Å²) in [6, 6.07) is 1.74. The monoisotopic (exact) mass is 278 g/mol. The third kappa shape index (κ3) is 2.17. The lowest BCUT2D eigenvalue weighted by Crippen LogP contribution is -2.62. The fourth-order valence-electron chi connectivity index (χ4n) is 3.98. The number of hydrogen-bond acceptors (Lipinski definition) is 3. The van der Waals surface area contributed by atoms with Crippen LogP contribution in [0.15, 0.2) is 0 Å². The molecular formula is C16H26N2O2. The maximum Gasteiger partial charge on any atom is 0.228 e. The van der Waals surface area contributed by atoms with Crippen LogP contribution in [-0.2, 0) is 9.53 Å². The molecule has 4 heteroatoms. The molecule has 4 aliphatic rings. The van der Waals surface area contributed by atoms with Gasteiger partial charge in [0.1, 0.15) is 0 Å².